The van der Waals surface area contributed by atoms with Gasteiger partial charge in [0.1, 0.15) is 5.82 Å². The summed E-state index contributed by atoms with van der Waals surface area (Å²) in [5, 5.41) is 5.93. The normalized spacial score (nSPS) is 11.8. The van der Waals surface area contributed by atoms with E-state index in [4.69, 9.17) is 38.9 Å². The summed E-state index contributed by atoms with van der Waals surface area (Å²) in [6, 6.07) is 30.5. The first kappa shape index (κ1) is 22.1. The van der Waals surface area contributed by atoms with Crippen molar-refractivity contribution in [1.82, 2.24) is 24.1 Å². The van der Waals surface area contributed by atoms with Crippen LogP contribution in [0.4, 0.5) is 5.69 Å². The van der Waals surface area contributed by atoms with Crippen molar-refractivity contribution in [2.45, 2.75) is 0 Å². The van der Waals surface area contributed by atoms with Gasteiger partial charge in [0.2, 0.25) is 0 Å². The molecule has 1 N–H and O–H groups in total. The largest absolute Gasteiger partial charge is 0.278 e. The third-order valence-electron chi connectivity index (χ3n) is 5.60. The summed E-state index contributed by atoms with van der Waals surface area (Å²) in [7, 11) is 0. The smallest absolute Gasteiger partial charge is 0.193 e. The second kappa shape index (κ2) is 9.33. The molecule has 0 saturated carbocycles. The zero-order valence-corrected chi connectivity index (χ0v) is 20.4. The molecule has 0 radical (unpaired) electrons. The number of rotatable bonds is 4. The van der Waals surface area contributed by atoms with E-state index in [0.717, 1.165) is 11.4 Å². The fraction of sp³-hybridized carbons (Fsp3) is 0. The van der Waals surface area contributed by atoms with E-state index in [1.54, 1.807) is 6.20 Å². The Balaban J connectivity index is 1.82. The van der Waals surface area contributed by atoms with Crippen molar-refractivity contribution < 1.29 is 0 Å². The van der Waals surface area contributed by atoms with Crippen molar-refractivity contribution in [1.29, 1.82) is 0 Å². The van der Waals surface area contributed by atoms with Crippen LogP contribution < -0.4 is 10.8 Å². The summed E-state index contributed by atoms with van der Waals surface area (Å²) in [5.41, 5.74) is 7.25. The molecule has 3 aromatic carbocycles. The van der Waals surface area contributed by atoms with E-state index < -0.39 is 0 Å². The number of para-hydroxylation sites is 3. The Bertz CT molecular complexity index is 1830. The highest BCUT2D eigenvalue weighted by atomic mass is 35.5. The second-order valence-electron chi connectivity index (χ2n) is 7.92. The lowest BCUT2D eigenvalue weighted by atomic mass is 10.3. The number of hydrogen-bond donors (Lipinski definition) is 1. The first-order chi connectivity index (χ1) is 17.7. The molecule has 0 aliphatic heterocycles. The average Bonchev–Trinajstić information content (AvgIpc) is 3.03. The van der Waals surface area contributed by atoms with E-state index >= 15 is 0 Å². The molecule has 0 amide bonds. The van der Waals surface area contributed by atoms with Gasteiger partial charge < -0.3 is 0 Å². The first-order valence-electron chi connectivity index (χ1n) is 11.2. The van der Waals surface area contributed by atoms with Crippen LogP contribution in [0.25, 0.3) is 33.8 Å². The lowest BCUT2D eigenvalue weighted by molar-refractivity contribution is 0.865. The Morgan fingerprint density at radius 1 is 0.722 bits per heavy atom. The van der Waals surface area contributed by atoms with Crippen LogP contribution in [0.15, 0.2) is 108 Å². The third kappa shape index (κ3) is 4.02. The Morgan fingerprint density at radius 2 is 1.36 bits per heavy atom. The summed E-state index contributed by atoms with van der Waals surface area (Å²) in [6.07, 6.45) is 1.72. The highest BCUT2D eigenvalue weighted by Crippen LogP contribution is 2.20. The monoisotopic (exact) mass is 507 g/mol. The molecular weight excluding hydrogens is 490 g/mol. The summed E-state index contributed by atoms with van der Waals surface area (Å²) in [5.74, 6) is 0.617. The molecule has 6 rings (SSSR count). The van der Waals surface area contributed by atoms with Gasteiger partial charge in [0, 0.05) is 11.2 Å². The zero-order chi connectivity index (χ0) is 24.5. The van der Waals surface area contributed by atoms with Crippen LogP contribution in [0.1, 0.15) is 0 Å². The van der Waals surface area contributed by atoms with Gasteiger partial charge in [-0.2, -0.15) is 5.10 Å². The van der Waals surface area contributed by atoms with Crippen molar-refractivity contribution in [3.8, 4) is 11.5 Å². The average molecular weight is 508 g/mol. The molecule has 3 aromatic heterocycles. The number of pyridine rings is 1. The van der Waals surface area contributed by atoms with Crippen LogP contribution in [-0.2, 0) is 0 Å². The quantitative estimate of drug-likeness (QED) is 0.231. The Labute approximate surface area is 216 Å². The van der Waals surface area contributed by atoms with E-state index in [2.05, 4.69) is 10.4 Å². The number of aromatic nitrogens is 5. The fourth-order valence-electron chi connectivity index (χ4n) is 3.93. The topological polar surface area (TPSA) is 72.9 Å². The number of nitrogens with zero attached hydrogens (tertiary/aromatic N) is 6. The number of nitrogens with one attached hydrogen (secondary N) is 1. The van der Waals surface area contributed by atoms with Gasteiger partial charge in [-0.15, -0.1) is 0 Å². The van der Waals surface area contributed by atoms with Crippen molar-refractivity contribution in [2.24, 2.45) is 5.10 Å². The minimum atomic E-state index is 0.444. The van der Waals surface area contributed by atoms with Gasteiger partial charge in [-0.05, 0) is 72.9 Å². The van der Waals surface area contributed by atoms with E-state index in [0.29, 0.717) is 43.3 Å². The van der Waals surface area contributed by atoms with E-state index in [1.807, 2.05) is 106 Å². The van der Waals surface area contributed by atoms with Crippen LogP contribution in [0, 0.1) is 4.77 Å². The second-order valence-corrected chi connectivity index (χ2v) is 8.72. The molecule has 0 unspecified atom stereocenters. The zero-order valence-electron chi connectivity index (χ0n) is 18.8. The van der Waals surface area contributed by atoms with Gasteiger partial charge in [0.25, 0.3) is 0 Å². The van der Waals surface area contributed by atoms with Crippen LogP contribution in [-0.4, -0.2) is 24.1 Å². The Hall–Kier alpha value is -4.40. The molecule has 0 spiro atoms. The van der Waals surface area contributed by atoms with Gasteiger partial charge in [0.05, 0.1) is 22.4 Å². The molecule has 2 bridgehead atoms. The number of halogens is 1. The van der Waals surface area contributed by atoms with E-state index in [-0.39, 0.29) is 0 Å². The number of benzene rings is 3. The maximum Gasteiger partial charge on any atom is 0.193 e. The van der Waals surface area contributed by atoms with Crippen molar-refractivity contribution in [3.63, 3.8) is 0 Å². The van der Waals surface area contributed by atoms with Crippen LogP contribution >= 0.6 is 23.8 Å². The molecule has 0 aliphatic rings. The van der Waals surface area contributed by atoms with Crippen LogP contribution in [0.2, 0.25) is 5.02 Å². The molecule has 0 saturated heterocycles. The molecule has 6 aromatic rings. The van der Waals surface area contributed by atoms with Gasteiger partial charge in [-0.1, -0.05) is 48.0 Å². The molecule has 9 heteroatoms. The highest BCUT2D eigenvalue weighted by molar-refractivity contribution is 7.71. The standard InChI is InChI=1S/C27H18ClN7S/c28-18-13-15-20(16-14-18)34-25-24(33-32-19-8-2-1-3-9-19)26(31-22-11-5-4-10-21(22)30-25)35(27(34)36)23-12-6-7-17-29-23/h1-17,32H. The Kier molecular flexibility index (Phi) is 5.73. The number of anilines is 1. The van der Waals surface area contributed by atoms with Crippen molar-refractivity contribution in [2.75, 3.05) is 5.43 Å². The lowest BCUT2D eigenvalue weighted by Gasteiger charge is -2.15. The van der Waals surface area contributed by atoms with Crippen LogP contribution in [0.3, 0.4) is 0 Å². The summed E-state index contributed by atoms with van der Waals surface area (Å²) in [6.45, 7) is 0. The summed E-state index contributed by atoms with van der Waals surface area (Å²) < 4.78 is 4.13. The minimum Gasteiger partial charge on any atom is -0.278 e. The van der Waals surface area contributed by atoms with Gasteiger partial charge in [0.15, 0.2) is 21.4 Å². The predicted octanol–water partition coefficient (Wildman–Crippen LogP) is 6.07. The maximum atomic E-state index is 6.20. The predicted molar refractivity (Wildman–Crippen MR) is 145 cm³/mol. The van der Waals surface area contributed by atoms with Crippen molar-refractivity contribution >= 4 is 51.8 Å². The molecule has 0 aliphatic carbocycles. The molecule has 174 valence electrons. The van der Waals surface area contributed by atoms with Gasteiger partial charge >= 0.3 is 0 Å². The van der Waals surface area contributed by atoms with Gasteiger partial charge in [-0.25, -0.2) is 15.0 Å². The van der Waals surface area contributed by atoms with E-state index in [1.165, 1.54) is 0 Å². The molecule has 36 heavy (non-hydrogen) atoms. The first-order valence-corrected chi connectivity index (χ1v) is 11.9. The van der Waals surface area contributed by atoms with Crippen LogP contribution in [0.5, 0.6) is 0 Å². The lowest BCUT2D eigenvalue weighted by Crippen LogP contribution is -2.23. The van der Waals surface area contributed by atoms with Crippen molar-refractivity contribution in [3.05, 3.63) is 118 Å². The molecule has 0 fully saturated rings. The van der Waals surface area contributed by atoms with E-state index in [9.17, 15) is 0 Å². The molecular formula is C27H18ClN7S. The fourth-order valence-corrected chi connectivity index (χ4v) is 4.43. The summed E-state index contributed by atoms with van der Waals surface area (Å²) >= 11 is 12.2. The number of fused-ring (bicyclic) bond motifs is 3. The number of hydrogen-bond acceptors (Lipinski definition) is 6. The minimum absolute atomic E-state index is 0.444. The van der Waals surface area contributed by atoms with Gasteiger partial charge in [-0.3, -0.25) is 14.6 Å². The SMILES string of the molecule is S=c1n(-c2ccc(Cl)cc2)c2nc3ccccc3nc(c2=NNc2ccccc2)n1-c1ccccn1. The molecule has 0 atom stereocenters. The third-order valence-corrected chi connectivity index (χ3v) is 6.22. The highest BCUT2D eigenvalue weighted by Gasteiger charge is 2.17. The summed E-state index contributed by atoms with van der Waals surface area (Å²) in [4.78, 5) is 14.6. The molecule has 7 nitrogen and oxygen atoms in total. The maximum absolute atomic E-state index is 6.20. The Morgan fingerprint density at radius 3 is 2.03 bits per heavy atom. The molecule has 3 heterocycles.